The molecule has 0 saturated carbocycles. The molecule has 0 bridgehead atoms. The lowest BCUT2D eigenvalue weighted by Gasteiger charge is -2.10. The van der Waals surface area contributed by atoms with Crippen LogP contribution in [-0.2, 0) is 0 Å². The van der Waals surface area contributed by atoms with Crippen molar-refractivity contribution in [3.8, 4) is 5.69 Å². The fourth-order valence-electron chi connectivity index (χ4n) is 2.85. The highest BCUT2D eigenvalue weighted by molar-refractivity contribution is 7.12. The molecule has 0 spiro atoms. The summed E-state index contributed by atoms with van der Waals surface area (Å²) in [6.07, 6.45) is 3.80. The third-order valence-corrected chi connectivity index (χ3v) is 5.05. The second-order valence-electron chi connectivity index (χ2n) is 6.21. The number of nitrogens with zero attached hydrogens (tertiary/aromatic N) is 1. The Balaban J connectivity index is 1.43. The standard InChI is InChI=1S/C22H18N4O2S/c27-21(20-19(11-14-29-20)26-12-4-5-13-26)23-17-9-6-10-18(15-17)25-22(28)24-16-7-2-1-3-8-16/h1-15H,(H,23,27)(H2,24,25,28). The van der Waals surface area contributed by atoms with E-state index in [0.29, 0.717) is 21.9 Å². The van der Waals surface area contributed by atoms with Crippen LogP contribution in [0, 0.1) is 0 Å². The Labute approximate surface area is 171 Å². The summed E-state index contributed by atoms with van der Waals surface area (Å²) >= 11 is 1.38. The van der Waals surface area contributed by atoms with Gasteiger partial charge in [0.25, 0.3) is 5.91 Å². The van der Waals surface area contributed by atoms with E-state index in [1.807, 2.05) is 58.7 Å². The Bertz CT molecular complexity index is 1120. The zero-order chi connectivity index (χ0) is 20.1. The van der Waals surface area contributed by atoms with Gasteiger partial charge in [-0.3, -0.25) is 4.79 Å². The van der Waals surface area contributed by atoms with Crippen molar-refractivity contribution in [2.45, 2.75) is 0 Å². The number of aromatic nitrogens is 1. The molecule has 6 nitrogen and oxygen atoms in total. The molecule has 144 valence electrons. The van der Waals surface area contributed by atoms with E-state index in [1.165, 1.54) is 11.3 Å². The number of hydrogen-bond acceptors (Lipinski definition) is 3. The van der Waals surface area contributed by atoms with Gasteiger partial charge in [-0.25, -0.2) is 4.79 Å². The molecule has 0 atom stereocenters. The van der Waals surface area contributed by atoms with E-state index >= 15 is 0 Å². The molecule has 2 heterocycles. The van der Waals surface area contributed by atoms with Gasteiger partial charge in [-0.2, -0.15) is 0 Å². The molecule has 7 heteroatoms. The van der Waals surface area contributed by atoms with Crippen molar-refractivity contribution in [3.05, 3.63) is 95.4 Å². The van der Waals surface area contributed by atoms with Crippen LogP contribution in [0.15, 0.2) is 90.6 Å². The number of amides is 3. The SMILES string of the molecule is O=C(Nc1ccccc1)Nc1cccc(NC(=O)c2sccc2-n2cccc2)c1. The molecule has 4 aromatic rings. The highest BCUT2D eigenvalue weighted by Crippen LogP contribution is 2.23. The number of hydrogen-bond donors (Lipinski definition) is 3. The topological polar surface area (TPSA) is 75.2 Å². The maximum atomic E-state index is 12.8. The Kier molecular flexibility index (Phi) is 5.40. The lowest BCUT2D eigenvalue weighted by atomic mass is 10.2. The summed E-state index contributed by atoms with van der Waals surface area (Å²) in [5, 5.41) is 10.3. The molecule has 0 saturated heterocycles. The van der Waals surface area contributed by atoms with E-state index in [0.717, 1.165) is 5.69 Å². The molecule has 0 unspecified atom stereocenters. The maximum Gasteiger partial charge on any atom is 0.323 e. The summed E-state index contributed by atoms with van der Waals surface area (Å²) in [5.74, 6) is -0.199. The first kappa shape index (κ1) is 18.5. The normalized spacial score (nSPS) is 10.3. The molecule has 2 aromatic carbocycles. The van der Waals surface area contributed by atoms with E-state index in [-0.39, 0.29) is 11.9 Å². The number of anilines is 3. The Morgan fingerprint density at radius 2 is 1.38 bits per heavy atom. The van der Waals surface area contributed by atoms with Crippen LogP contribution in [0.1, 0.15) is 9.67 Å². The van der Waals surface area contributed by atoms with Crippen LogP contribution in [0.2, 0.25) is 0 Å². The van der Waals surface area contributed by atoms with Gasteiger partial charge in [-0.05, 0) is 53.9 Å². The van der Waals surface area contributed by atoms with Crippen molar-refractivity contribution >= 4 is 40.3 Å². The third kappa shape index (κ3) is 4.53. The van der Waals surface area contributed by atoms with Crippen molar-refractivity contribution in [1.82, 2.24) is 4.57 Å². The maximum absolute atomic E-state index is 12.8. The molecular formula is C22H18N4O2S. The first-order chi connectivity index (χ1) is 14.2. The van der Waals surface area contributed by atoms with Crippen molar-refractivity contribution in [3.63, 3.8) is 0 Å². The van der Waals surface area contributed by atoms with Gasteiger partial charge in [0.15, 0.2) is 0 Å². The Morgan fingerprint density at radius 1 is 0.724 bits per heavy atom. The van der Waals surface area contributed by atoms with Gasteiger partial charge in [0, 0.05) is 29.5 Å². The number of benzene rings is 2. The molecule has 4 rings (SSSR count). The fourth-order valence-corrected chi connectivity index (χ4v) is 3.63. The minimum Gasteiger partial charge on any atom is -0.322 e. The van der Waals surface area contributed by atoms with E-state index in [4.69, 9.17) is 0 Å². The molecule has 0 fully saturated rings. The van der Waals surface area contributed by atoms with E-state index < -0.39 is 0 Å². The van der Waals surface area contributed by atoms with Crippen LogP contribution in [0.5, 0.6) is 0 Å². The minimum absolute atomic E-state index is 0.199. The number of carbonyl (C=O) groups excluding carboxylic acids is 2. The number of thiophene rings is 1. The van der Waals surface area contributed by atoms with Gasteiger partial charge in [-0.1, -0.05) is 24.3 Å². The summed E-state index contributed by atoms with van der Waals surface area (Å²) in [4.78, 5) is 25.5. The molecule has 0 aliphatic heterocycles. The largest absolute Gasteiger partial charge is 0.323 e. The zero-order valence-electron chi connectivity index (χ0n) is 15.3. The smallest absolute Gasteiger partial charge is 0.322 e. The average molecular weight is 402 g/mol. The zero-order valence-corrected chi connectivity index (χ0v) is 16.1. The van der Waals surface area contributed by atoms with Crippen molar-refractivity contribution in [1.29, 1.82) is 0 Å². The van der Waals surface area contributed by atoms with Gasteiger partial charge in [-0.15, -0.1) is 11.3 Å². The van der Waals surface area contributed by atoms with Gasteiger partial charge in [0.05, 0.1) is 5.69 Å². The first-order valence-corrected chi connectivity index (χ1v) is 9.82. The first-order valence-electron chi connectivity index (χ1n) is 8.94. The number of para-hydroxylation sites is 1. The van der Waals surface area contributed by atoms with Gasteiger partial charge in [0.2, 0.25) is 0 Å². The van der Waals surface area contributed by atoms with Crippen LogP contribution in [0.4, 0.5) is 21.9 Å². The predicted molar refractivity (Wildman–Crippen MR) is 117 cm³/mol. The van der Waals surface area contributed by atoms with Crippen LogP contribution in [0.25, 0.3) is 5.69 Å². The number of nitrogens with one attached hydrogen (secondary N) is 3. The highest BCUT2D eigenvalue weighted by Gasteiger charge is 2.15. The van der Waals surface area contributed by atoms with Crippen molar-refractivity contribution < 1.29 is 9.59 Å². The molecule has 3 N–H and O–H groups in total. The quantitative estimate of drug-likeness (QED) is 0.416. The number of urea groups is 1. The summed E-state index contributed by atoms with van der Waals surface area (Å²) < 4.78 is 1.90. The van der Waals surface area contributed by atoms with Crippen LogP contribution < -0.4 is 16.0 Å². The summed E-state index contributed by atoms with van der Waals surface area (Å²) in [7, 11) is 0. The van der Waals surface area contributed by atoms with Crippen LogP contribution in [-0.4, -0.2) is 16.5 Å². The minimum atomic E-state index is -0.354. The summed E-state index contributed by atoms with van der Waals surface area (Å²) in [5.41, 5.74) is 2.70. The fraction of sp³-hybridized carbons (Fsp3) is 0. The van der Waals surface area contributed by atoms with Gasteiger partial charge >= 0.3 is 6.03 Å². The molecule has 0 aliphatic rings. The molecule has 0 radical (unpaired) electrons. The highest BCUT2D eigenvalue weighted by atomic mass is 32.1. The monoisotopic (exact) mass is 402 g/mol. The van der Waals surface area contributed by atoms with Crippen molar-refractivity contribution in [2.75, 3.05) is 16.0 Å². The molecule has 0 aliphatic carbocycles. The molecule has 2 aromatic heterocycles. The molecular weight excluding hydrogens is 384 g/mol. The summed E-state index contributed by atoms with van der Waals surface area (Å²) in [6, 6.07) is 21.6. The van der Waals surface area contributed by atoms with Crippen LogP contribution in [0.3, 0.4) is 0 Å². The third-order valence-electron chi connectivity index (χ3n) is 4.14. The molecule has 29 heavy (non-hydrogen) atoms. The Hall–Kier alpha value is -3.84. The lowest BCUT2D eigenvalue weighted by Crippen LogP contribution is -2.19. The predicted octanol–water partition coefficient (Wildman–Crippen LogP) is 5.44. The van der Waals surface area contributed by atoms with E-state index in [2.05, 4.69) is 16.0 Å². The molecule has 3 amide bonds. The second-order valence-corrected chi connectivity index (χ2v) is 7.12. The van der Waals surface area contributed by atoms with Gasteiger partial charge in [0.1, 0.15) is 4.88 Å². The number of rotatable bonds is 5. The average Bonchev–Trinajstić information content (AvgIpc) is 3.40. The van der Waals surface area contributed by atoms with Gasteiger partial charge < -0.3 is 20.5 Å². The number of carbonyl (C=O) groups is 2. The second kappa shape index (κ2) is 8.45. The summed E-state index contributed by atoms with van der Waals surface area (Å²) in [6.45, 7) is 0. The van der Waals surface area contributed by atoms with Crippen LogP contribution >= 0.6 is 11.3 Å². The van der Waals surface area contributed by atoms with Crippen molar-refractivity contribution in [2.24, 2.45) is 0 Å². The van der Waals surface area contributed by atoms with E-state index in [1.54, 1.807) is 36.4 Å². The lowest BCUT2D eigenvalue weighted by molar-refractivity contribution is 0.103. The van der Waals surface area contributed by atoms with E-state index in [9.17, 15) is 9.59 Å². The Morgan fingerprint density at radius 3 is 2.14 bits per heavy atom.